The number of pyridine rings is 1. The summed E-state index contributed by atoms with van der Waals surface area (Å²) in [7, 11) is 0. The number of hydrogen-bond donors (Lipinski definition) is 1. The Bertz CT molecular complexity index is 910. The maximum absolute atomic E-state index is 10.0. The first-order valence-electron chi connectivity index (χ1n) is 11.3. The van der Waals surface area contributed by atoms with Crippen LogP contribution in [0.25, 0.3) is 16.9 Å². The molecule has 0 bridgehead atoms. The third-order valence-corrected chi connectivity index (χ3v) is 5.54. The molecule has 3 aromatic rings. The van der Waals surface area contributed by atoms with Crippen LogP contribution in [0, 0.1) is 6.92 Å². The number of aromatic hydroxyl groups is 1. The molecular weight excluding hydrogens is 374 g/mol. The van der Waals surface area contributed by atoms with Gasteiger partial charge in [0.25, 0.3) is 0 Å². The predicted octanol–water partition coefficient (Wildman–Crippen LogP) is 5.69. The number of hydrogen-bond acceptors (Lipinski definition) is 4. The first-order chi connectivity index (χ1) is 14.6. The molecule has 1 N–H and O–H groups in total. The molecule has 0 unspecified atom stereocenters. The molecule has 5 nitrogen and oxygen atoms in total. The summed E-state index contributed by atoms with van der Waals surface area (Å²) in [5.41, 5.74) is 3.49. The van der Waals surface area contributed by atoms with Gasteiger partial charge in [-0.15, -0.1) is 0 Å². The zero-order valence-electron chi connectivity index (χ0n) is 18.6. The number of ether oxygens (including phenoxy) is 1. The second kappa shape index (κ2) is 11.0. The summed E-state index contributed by atoms with van der Waals surface area (Å²) in [4.78, 5) is 7.19. The minimum absolute atomic E-state index is 0.193. The third kappa shape index (κ3) is 5.54. The fourth-order valence-electron chi connectivity index (χ4n) is 3.73. The van der Waals surface area contributed by atoms with Gasteiger partial charge in [-0.1, -0.05) is 26.7 Å². The van der Waals surface area contributed by atoms with Crippen LogP contribution >= 0.6 is 0 Å². The summed E-state index contributed by atoms with van der Waals surface area (Å²) in [6, 6.07) is 11.6. The summed E-state index contributed by atoms with van der Waals surface area (Å²) in [6.45, 7) is 10.7. The maximum Gasteiger partial charge on any atom is 0.180 e. The highest BCUT2D eigenvalue weighted by Gasteiger charge is 2.12. The minimum atomic E-state index is 0.193. The fraction of sp³-hybridized carbons (Fsp3) is 0.480. The van der Waals surface area contributed by atoms with Crippen molar-refractivity contribution in [1.82, 2.24) is 14.3 Å². The Morgan fingerprint density at radius 1 is 0.967 bits per heavy atom. The van der Waals surface area contributed by atoms with Crippen LogP contribution in [0.1, 0.15) is 51.6 Å². The van der Waals surface area contributed by atoms with E-state index in [1.54, 1.807) is 6.07 Å². The van der Waals surface area contributed by atoms with Gasteiger partial charge in [-0.25, -0.2) is 4.98 Å². The largest absolute Gasteiger partial charge is 0.504 e. The fourth-order valence-corrected chi connectivity index (χ4v) is 3.73. The first kappa shape index (κ1) is 22.2. The molecule has 2 heterocycles. The summed E-state index contributed by atoms with van der Waals surface area (Å²) in [5, 5.41) is 10.0. The quantitative estimate of drug-likeness (QED) is 0.391. The standard InChI is InChI=1S/C25H35N3O2/c1-4-6-15-27(16-7-5-2)17-9-19-30-22-13-11-21(12-14-22)24-20(3)28-18-8-10-23(29)25(28)26-24/h8,10-14,18,29H,4-7,9,15-17,19H2,1-3H3. The molecule has 162 valence electrons. The lowest BCUT2D eigenvalue weighted by molar-refractivity contribution is 0.229. The van der Waals surface area contributed by atoms with Gasteiger partial charge in [-0.2, -0.15) is 0 Å². The number of nitrogens with zero attached hydrogens (tertiary/aromatic N) is 3. The highest BCUT2D eigenvalue weighted by Crippen LogP contribution is 2.28. The Labute approximate surface area is 180 Å². The molecule has 3 rings (SSSR count). The van der Waals surface area contributed by atoms with Crippen molar-refractivity contribution in [2.75, 3.05) is 26.2 Å². The molecule has 30 heavy (non-hydrogen) atoms. The molecule has 0 amide bonds. The number of unbranched alkanes of at least 4 members (excludes halogenated alkanes) is 2. The third-order valence-electron chi connectivity index (χ3n) is 5.54. The van der Waals surface area contributed by atoms with E-state index in [0.29, 0.717) is 5.65 Å². The summed E-state index contributed by atoms with van der Waals surface area (Å²) < 4.78 is 7.89. The Balaban J connectivity index is 1.55. The lowest BCUT2D eigenvalue weighted by atomic mass is 10.1. The van der Waals surface area contributed by atoms with Gasteiger partial charge < -0.3 is 19.1 Å². The van der Waals surface area contributed by atoms with Gasteiger partial charge in [-0.3, -0.25) is 0 Å². The molecule has 0 aliphatic rings. The van der Waals surface area contributed by atoms with Crippen LogP contribution in [0.4, 0.5) is 0 Å². The van der Waals surface area contributed by atoms with E-state index in [1.807, 2.05) is 47.9 Å². The average Bonchev–Trinajstić information content (AvgIpc) is 3.11. The van der Waals surface area contributed by atoms with Crippen molar-refractivity contribution in [3.63, 3.8) is 0 Å². The lowest BCUT2D eigenvalue weighted by Gasteiger charge is -2.21. The SMILES string of the molecule is CCCCN(CCCC)CCCOc1ccc(-c2nc3c(O)cccn3c2C)cc1. The van der Waals surface area contributed by atoms with E-state index in [1.165, 1.54) is 38.8 Å². The van der Waals surface area contributed by atoms with Gasteiger partial charge in [0.05, 0.1) is 12.3 Å². The van der Waals surface area contributed by atoms with Crippen molar-refractivity contribution >= 4 is 5.65 Å². The molecule has 0 aliphatic carbocycles. The van der Waals surface area contributed by atoms with Crippen molar-refractivity contribution in [3.8, 4) is 22.8 Å². The Morgan fingerprint density at radius 2 is 1.63 bits per heavy atom. The maximum atomic E-state index is 10.0. The Kier molecular flexibility index (Phi) is 8.14. The summed E-state index contributed by atoms with van der Waals surface area (Å²) >= 11 is 0. The van der Waals surface area contributed by atoms with E-state index in [0.717, 1.165) is 42.3 Å². The number of benzene rings is 1. The molecule has 0 saturated heterocycles. The van der Waals surface area contributed by atoms with Crippen molar-refractivity contribution in [3.05, 3.63) is 48.3 Å². The van der Waals surface area contributed by atoms with Crippen molar-refractivity contribution < 1.29 is 9.84 Å². The molecule has 0 aliphatic heterocycles. The molecular formula is C25H35N3O2. The number of aromatic nitrogens is 2. The van der Waals surface area contributed by atoms with Crippen LogP contribution in [-0.4, -0.2) is 45.6 Å². The second-order valence-corrected chi connectivity index (χ2v) is 7.91. The second-order valence-electron chi connectivity index (χ2n) is 7.91. The van der Waals surface area contributed by atoms with Crippen molar-refractivity contribution in [1.29, 1.82) is 0 Å². The average molecular weight is 410 g/mol. The zero-order chi connectivity index (χ0) is 21.3. The van der Waals surface area contributed by atoms with Gasteiger partial charge in [-0.05, 0) is 75.7 Å². The van der Waals surface area contributed by atoms with Crippen LogP contribution in [0.3, 0.4) is 0 Å². The van der Waals surface area contributed by atoms with Crippen LogP contribution in [-0.2, 0) is 0 Å². The van der Waals surface area contributed by atoms with Gasteiger partial charge in [0, 0.05) is 24.0 Å². The first-order valence-corrected chi connectivity index (χ1v) is 11.3. The van der Waals surface area contributed by atoms with Crippen molar-refractivity contribution in [2.45, 2.75) is 52.9 Å². The number of aryl methyl sites for hydroxylation is 1. The molecule has 0 saturated carbocycles. The highest BCUT2D eigenvalue weighted by atomic mass is 16.5. The zero-order valence-corrected chi connectivity index (χ0v) is 18.6. The Morgan fingerprint density at radius 3 is 2.27 bits per heavy atom. The van der Waals surface area contributed by atoms with Gasteiger partial charge >= 0.3 is 0 Å². The molecule has 1 aromatic carbocycles. The van der Waals surface area contributed by atoms with E-state index < -0.39 is 0 Å². The molecule has 0 radical (unpaired) electrons. The topological polar surface area (TPSA) is 50.0 Å². The van der Waals surface area contributed by atoms with Gasteiger partial charge in [0.1, 0.15) is 5.75 Å². The molecule has 0 fully saturated rings. The highest BCUT2D eigenvalue weighted by molar-refractivity contribution is 5.69. The normalized spacial score (nSPS) is 11.5. The van der Waals surface area contributed by atoms with Gasteiger partial charge in [0.2, 0.25) is 0 Å². The minimum Gasteiger partial charge on any atom is -0.504 e. The summed E-state index contributed by atoms with van der Waals surface area (Å²) in [5.74, 6) is 1.08. The van der Waals surface area contributed by atoms with Crippen LogP contribution < -0.4 is 4.74 Å². The van der Waals surface area contributed by atoms with Crippen LogP contribution in [0.2, 0.25) is 0 Å². The van der Waals surface area contributed by atoms with Gasteiger partial charge in [0.15, 0.2) is 11.4 Å². The van der Waals surface area contributed by atoms with Crippen molar-refractivity contribution in [2.24, 2.45) is 0 Å². The smallest absolute Gasteiger partial charge is 0.180 e. The van der Waals surface area contributed by atoms with E-state index in [9.17, 15) is 5.11 Å². The Hall–Kier alpha value is -2.53. The molecule has 2 aromatic heterocycles. The summed E-state index contributed by atoms with van der Waals surface area (Å²) in [6.07, 6.45) is 8.00. The van der Waals surface area contributed by atoms with E-state index in [2.05, 4.69) is 23.7 Å². The predicted molar refractivity (Wildman–Crippen MR) is 123 cm³/mol. The monoisotopic (exact) mass is 409 g/mol. The molecule has 0 spiro atoms. The number of imidazole rings is 1. The lowest BCUT2D eigenvalue weighted by Crippen LogP contribution is -2.28. The molecule has 5 heteroatoms. The number of rotatable bonds is 12. The van der Waals surface area contributed by atoms with E-state index in [-0.39, 0.29) is 5.75 Å². The van der Waals surface area contributed by atoms with Crippen LogP contribution in [0.5, 0.6) is 11.5 Å². The number of fused-ring (bicyclic) bond motifs is 1. The molecule has 0 atom stereocenters. The van der Waals surface area contributed by atoms with E-state index >= 15 is 0 Å². The van der Waals surface area contributed by atoms with E-state index in [4.69, 9.17) is 4.74 Å². The van der Waals surface area contributed by atoms with Crippen LogP contribution in [0.15, 0.2) is 42.6 Å².